The van der Waals surface area contributed by atoms with Crippen molar-refractivity contribution in [3.8, 4) is 0 Å². The normalized spacial score (nSPS) is 15.1. The Labute approximate surface area is 221 Å². The van der Waals surface area contributed by atoms with E-state index in [1.165, 1.54) is 25.1 Å². The van der Waals surface area contributed by atoms with Crippen molar-refractivity contribution >= 4 is 46.3 Å². The molecule has 8 heteroatoms. The minimum atomic E-state index is -0.640. The second-order valence-electron chi connectivity index (χ2n) is 8.73. The topological polar surface area (TPSA) is 79.0 Å². The van der Waals surface area contributed by atoms with Crippen LogP contribution in [-0.2, 0) is 20.7 Å². The molecule has 0 fully saturated rings. The summed E-state index contributed by atoms with van der Waals surface area (Å²) in [5.74, 6) is -0.530. The molecule has 0 aromatic heterocycles. The number of carbonyl (C=O) groups is 3. The van der Waals surface area contributed by atoms with Gasteiger partial charge in [0.1, 0.15) is 0 Å². The molecular weight excluding hydrogens is 490 g/mol. The van der Waals surface area contributed by atoms with E-state index in [1.54, 1.807) is 29.3 Å². The fraction of sp³-hybridized carbons (Fsp3) is 0.207. The summed E-state index contributed by atoms with van der Waals surface area (Å²) < 4.78 is 5.63. The van der Waals surface area contributed by atoms with Gasteiger partial charge in [-0.1, -0.05) is 41.9 Å². The number of halogens is 1. The lowest BCUT2D eigenvalue weighted by Gasteiger charge is -2.42. The molecule has 37 heavy (non-hydrogen) atoms. The molecule has 1 unspecified atom stereocenters. The molecule has 1 atom stereocenters. The van der Waals surface area contributed by atoms with Gasteiger partial charge in [0.2, 0.25) is 5.91 Å². The predicted molar refractivity (Wildman–Crippen MR) is 146 cm³/mol. The maximum absolute atomic E-state index is 13.1. The van der Waals surface area contributed by atoms with Gasteiger partial charge in [-0.2, -0.15) is 0 Å². The number of hydrogen-bond donors (Lipinski definition) is 1. The molecule has 3 aromatic carbocycles. The number of amides is 2. The number of ketones is 1. The summed E-state index contributed by atoms with van der Waals surface area (Å²) in [5.41, 5.74) is 4.22. The number of hydrogen-bond acceptors (Lipinski definition) is 5. The Morgan fingerprint density at radius 3 is 2.46 bits per heavy atom. The number of carbonyl (C=O) groups excluding carboxylic acids is 3. The van der Waals surface area contributed by atoms with Crippen LogP contribution in [0.5, 0.6) is 0 Å². The quantitative estimate of drug-likeness (QED) is 0.387. The molecule has 0 bridgehead atoms. The molecule has 0 spiro atoms. The first kappa shape index (κ1) is 26.1. The monoisotopic (exact) mass is 517 g/mol. The van der Waals surface area contributed by atoms with Crippen molar-refractivity contribution in [2.45, 2.75) is 32.9 Å². The highest BCUT2D eigenvalue weighted by Gasteiger charge is 2.34. The number of anilines is 3. The molecule has 2 amide bonds. The Kier molecular flexibility index (Phi) is 8.06. The Hall–Kier alpha value is -3.94. The molecule has 0 radical (unpaired) electrons. The van der Waals surface area contributed by atoms with Crippen molar-refractivity contribution in [2.75, 3.05) is 22.4 Å². The minimum Gasteiger partial charge on any atom is -0.356 e. The predicted octanol–water partition coefficient (Wildman–Crippen LogP) is 5.72. The summed E-state index contributed by atoms with van der Waals surface area (Å²) in [7, 11) is 1.53. The lowest BCUT2D eigenvalue weighted by Crippen LogP contribution is -2.55. The molecule has 3 aromatic rings. The molecule has 7 nitrogen and oxygen atoms in total. The van der Waals surface area contributed by atoms with E-state index >= 15 is 0 Å². The Balaban J connectivity index is 1.56. The van der Waals surface area contributed by atoms with Crippen LogP contribution in [0.1, 0.15) is 34.8 Å². The second kappa shape index (κ2) is 11.4. The molecule has 4 rings (SSSR count). The molecule has 1 aliphatic heterocycles. The fourth-order valence-corrected chi connectivity index (χ4v) is 4.36. The van der Waals surface area contributed by atoms with Gasteiger partial charge in [0.05, 0.1) is 11.4 Å². The zero-order valence-electron chi connectivity index (χ0n) is 20.9. The van der Waals surface area contributed by atoms with Gasteiger partial charge in [-0.15, -0.1) is 0 Å². The van der Waals surface area contributed by atoms with Crippen LogP contribution in [0.3, 0.4) is 0 Å². The number of para-hydroxylation sites is 1. The molecular formula is C29H28ClN3O4. The number of nitrogens with one attached hydrogen (secondary N) is 1. The highest BCUT2D eigenvalue weighted by Crippen LogP contribution is 2.33. The Bertz CT molecular complexity index is 1350. The smallest absolute Gasteiger partial charge is 0.269 e. The third-order valence-electron chi connectivity index (χ3n) is 6.14. The highest BCUT2D eigenvalue weighted by atomic mass is 35.5. The minimum absolute atomic E-state index is 0.0680. The van der Waals surface area contributed by atoms with Crippen molar-refractivity contribution in [1.29, 1.82) is 0 Å². The van der Waals surface area contributed by atoms with Crippen LogP contribution in [0.4, 0.5) is 17.1 Å². The molecule has 0 aliphatic carbocycles. The van der Waals surface area contributed by atoms with E-state index in [1.807, 2.05) is 55.5 Å². The SMILES string of the molecule is COC1C=CC(=O)N(c2ccc(CCC(=O)Nc3ccccc3C)cc2)N1c1cc(Cl)ccc1C(C)=O. The van der Waals surface area contributed by atoms with Gasteiger partial charge >= 0.3 is 0 Å². The first-order valence-electron chi connectivity index (χ1n) is 11.9. The van der Waals surface area contributed by atoms with E-state index in [9.17, 15) is 14.4 Å². The number of nitrogens with zero attached hydrogens (tertiary/aromatic N) is 2. The number of rotatable bonds is 8. The van der Waals surface area contributed by atoms with Gasteiger partial charge in [-0.3, -0.25) is 14.4 Å². The second-order valence-corrected chi connectivity index (χ2v) is 9.16. The third-order valence-corrected chi connectivity index (χ3v) is 6.37. The van der Waals surface area contributed by atoms with Crippen LogP contribution in [0.25, 0.3) is 0 Å². The van der Waals surface area contributed by atoms with E-state index < -0.39 is 6.23 Å². The molecule has 190 valence electrons. The number of hydrazine groups is 1. The van der Waals surface area contributed by atoms with Crippen LogP contribution in [-0.4, -0.2) is 30.9 Å². The van der Waals surface area contributed by atoms with E-state index in [4.69, 9.17) is 16.3 Å². The summed E-state index contributed by atoms with van der Waals surface area (Å²) in [4.78, 5) is 37.9. The van der Waals surface area contributed by atoms with Crippen molar-refractivity contribution < 1.29 is 19.1 Å². The molecule has 1 aliphatic rings. The van der Waals surface area contributed by atoms with Gasteiger partial charge in [-0.05, 0) is 73.9 Å². The average Bonchev–Trinajstić information content (AvgIpc) is 2.89. The van der Waals surface area contributed by atoms with Gasteiger partial charge in [0.15, 0.2) is 12.0 Å². The van der Waals surface area contributed by atoms with Gasteiger partial charge in [0, 0.05) is 35.9 Å². The van der Waals surface area contributed by atoms with Crippen LogP contribution in [0.2, 0.25) is 5.02 Å². The van der Waals surface area contributed by atoms with Gasteiger partial charge in [-0.25, -0.2) is 10.0 Å². The Morgan fingerprint density at radius 2 is 1.78 bits per heavy atom. The zero-order chi connectivity index (χ0) is 26.5. The maximum atomic E-state index is 13.1. The van der Waals surface area contributed by atoms with Crippen molar-refractivity contribution in [3.63, 3.8) is 0 Å². The van der Waals surface area contributed by atoms with E-state index in [-0.39, 0.29) is 17.6 Å². The van der Waals surface area contributed by atoms with Crippen molar-refractivity contribution in [3.05, 3.63) is 101 Å². The number of ether oxygens (including phenoxy) is 1. The first-order chi connectivity index (χ1) is 17.8. The van der Waals surface area contributed by atoms with E-state index in [2.05, 4.69) is 5.32 Å². The number of Topliss-reactive ketones (excluding diaryl/α,β-unsaturated/α-hetero) is 1. The van der Waals surface area contributed by atoms with Crippen LogP contribution in [0, 0.1) is 6.92 Å². The zero-order valence-corrected chi connectivity index (χ0v) is 21.7. The fourth-order valence-electron chi connectivity index (χ4n) is 4.19. The number of benzene rings is 3. The van der Waals surface area contributed by atoms with Crippen LogP contribution < -0.4 is 15.3 Å². The number of methoxy groups -OCH3 is 1. The summed E-state index contributed by atoms with van der Waals surface area (Å²) in [5, 5.41) is 6.45. The average molecular weight is 518 g/mol. The summed E-state index contributed by atoms with van der Waals surface area (Å²) >= 11 is 6.27. The lowest BCUT2D eigenvalue weighted by molar-refractivity contribution is -0.116. The first-order valence-corrected chi connectivity index (χ1v) is 12.3. The Morgan fingerprint density at radius 1 is 1.05 bits per heavy atom. The summed E-state index contributed by atoms with van der Waals surface area (Å²) in [6.07, 6.45) is 3.29. The van der Waals surface area contributed by atoms with Gasteiger partial charge in [0.25, 0.3) is 5.91 Å². The lowest BCUT2D eigenvalue weighted by atomic mass is 10.1. The van der Waals surface area contributed by atoms with Crippen LogP contribution >= 0.6 is 11.6 Å². The molecule has 1 heterocycles. The third kappa shape index (κ3) is 5.90. The van der Waals surface area contributed by atoms with Crippen molar-refractivity contribution in [2.24, 2.45) is 0 Å². The molecule has 0 saturated heterocycles. The standard InChI is InChI=1S/C29H28ClN3O4/c1-19-6-4-5-7-25(19)31-27(35)15-10-21-8-12-23(13-9-21)32-28(36)16-17-29(37-3)33(32)26-18-22(30)11-14-24(26)20(2)34/h4-9,11-14,16-18,29H,10,15H2,1-3H3,(H,31,35). The highest BCUT2D eigenvalue weighted by molar-refractivity contribution is 6.31. The number of aryl methyl sites for hydroxylation is 2. The molecule has 1 N–H and O–H groups in total. The maximum Gasteiger partial charge on any atom is 0.269 e. The summed E-state index contributed by atoms with van der Waals surface area (Å²) in [6.45, 7) is 3.41. The van der Waals surface area contributed by atoms with Gasteiger partial charge < -0.3 is 10.1 Å². The summed E-state index contributed by atoms with van der Waals surface area (Å²) in [6, 6.07) is 19.9. The largest absolute Gasteiger partial charge is 0.356 e. The van der Waals surface area contributed by atoms with Crippen LogP contribution in [0.15, 0.2) is 78.9 Å². The molecule has 0 saturated carbocycles. The van der Waals surface area contributed by atoms with Crippen molar-refractivity contribution in [1.82, 2.24) is 0 Å². The van der Waals surface area contributed by atoms with E-state index in [0.717, 1.165) is 16.8 Å². The van der Waals surface area contributed by atoms with E-state index in [0.29, 0.717) is 34.8 Å².